The van der Waals surface area contributed by atoms with Crippen LogP contribution in [0.3, 0.4) is 0 Å². The van der Waals surface area contributed by atoms with Gasteiger partial charge in [-0.3, -0.25) is 4.72 Å². The third-order valence-electron chi connectivity index (χ3n) is 4.70. The lowest BCUT2D eigenvalue weighted by Gasteiger charge is -2.23. The number of rotatable bonds is 4. The lowest BCUT2D eigenvalue weighted by Crippen LogP contribution is -2.18. The van der Waals surface area contributed by atoms with Gasteiger partial charge < -0.3 is 9.09 Å². The molecule has 2 aromatic heterocycles. The summed E-state index contributed by atoms with van der Waals surface area (Å²) in [5.41, 5.74) is 2.03. The van der Waals surface area contributed by atoms with E-state index in [1.54, 1.807) is 32.3 Å². The monoisotopic (exact) mass is 373 g/mol. The van der Waals surface area contributed by atoms with Crippen molar-refractivity contribution < 1.29 is 12.9 Å². The zero-order valence-corrected chi connectivity index (χ0v) is 15.3. The second-order valence-corrected chi connectivity index (χ2v) is 8.14. The van der Waals surface area contributed by atoms with Gasteiger partial charge in [-0.05, 0) is 38.0 Å². The van der Waals surface area contributed by atoms with E-state index in [-0.39, 0.29) is 10.7 Å². The Morgan fingerprint density at radius 1 is 1.23 bits per heavy atom. The van der Waals surface area contributed by atoms with E-state index >= 15 is 0 Å². The highest BCUT2D eigenvalue weighted by Crippen LogP contribution is 2.29. The van der Waals surface area contributed by atoms with Crippen molar-refractivity contribution in [1.82, 2.24) is 19.9 Å². The van der Waals surface area contributed by atoms with Crippen LogP contribution in [0, 0.1) is 13.8 Å². The van der Waals surface area contributed by atoms with Crippen molar-refractivity contribution >= 4 is 15.7 Å². The third-order valence-corrected chi connectivity index (χ3v) is 6.32. The summed E-state index contributed by atoms with van der Waals surface area (Å²) in [6, 6.07) is 7.50. The maximum atomic E-state index is 12.6. The van der Waals surface area contributed by atoms with Crippen LogP contribution in [0.5, 0.6) is 0 Å². The van der Waals surface area contributed by atoms with Crippen LogP contribution in [-0.2, 0) is 23.0 Å². The number of anilines is 1. The molecule has 1 aliphatic rings. The quantitative estimate of drug-likeness (QED) is 0.753. The van der Waals surface area contributed by atoms with E-state index in [0.717, 1.165) is 25.2 Å². The Labute approximate surface area is 151 Å². The minimum Gasteiger partial charge on any atom is -0.360 e. The fraction of sp³-hybridized carbons (Fsp3) is 0.353. The van der Waals surface area contributed by atoms with Crippen LogP contribution in [-0.4, -0.2) is 28.3 Å². The smallest absolute Gasteiger partial charge is 0.267 e. The summed E-state index contributed by atoms with van der Waals surface area (Å²) >= 11 is 0. The maximum Gasteiger partial charge on any atom is 0.267 e. The van der Waals surface area contributed by atoms with Gasteiger partial charge in [0.15, 0.2) is 10.7 Å². The summed E-state index contributed by atoms with van der Waals surface area (Å²) in [4.78, 5) is 0.0917. The molecule has 9 heteroatoms. The highest BCUT2D eigenvalue weighted by molar-refractivity contribution is 7.92. The molecule has 0 spiro atoms. The van der Waals surface area contributed by atoms with E-state index in [2.05, 4.69) is 24.6 Å². The first-order valence-electron chi connectivity index (χ1n) is 8.36. The number of hydrogen-bond donors (Lipinski definition) is 1. The van der Waals surface area contributed by atoms with Crippen LogP contribution in [0.1, 0.15) is 35.2 Å². The predicted molar refractivity (Wildman–Crippen MR) is 94.3 cm³/mol. The van der Waals surface area contributed by atoms with Crippen LogP contribution < -0.4 is 4.72 Å². The first-order valence-corrected chi connectivity index (χ1v) is 9.84. The second kappa shape index (κ2) is 6.24. The number of fused-ring (bicyclic) bond motifs is 1. The largest absolute Gasteiger partial charge is 0.360 e. The summed E-state index contributed by atoms with van der Waals surface area (Å²) < 4.78 is 34.8. The Morgan fingerprint density at radius 2 is 2.00 bits per heavy atom. The van der Waals surface area contributed by atoms with Gasteiger partial charge in [-0.2, -0.15) is 0 Å². The number of nitrogens with one attached hydrogen (secondary N) is 1. The van der Waals surface area contributed by atoms with Crippen LogP contribution >= 0.6 is 0 Å². The Morgan fingerprint density at radius 3 is 2.69 bits per heavy atom. The summed E-state index contributed by atoms with van der Waals surface area (Å²) in [6.07, 6.45) is 3.65. The van der Waals surface area contributed by atoms with Gasteiger partial charge in [0.05, 0.1) is 0 Å². The molecule has 1 aromatic carbocycles. The molecule has 0 radical (unpaired) electrons. The van der Waals surface area contributed by atoms with Gasteiger partial charge in [0.25, 0.3) is 10.0 Å². The Balaban J connectivity index is 1.52. The lowest BCUT2D eigenvalue weighted by atomic mass is 9.91. The van der Waals surface area contributed by atoms with Crippen molar-refractivity contribution in [3.05, 3.63) is 53.4 Å². The van der Waals surface area contributed by atoms with Gasteiger partial charge in [0.2, 0.25) is 0 Å². The second-order valence-electron chi connectivity index (χ2n) is 6.52. The number of benzene rings is 1. The molecule has 136 valence electrons. The summed E-state index contributed by atoms with van der Waals surface area (Å²) in [7, 11) is -3.73. The molecule has 0 saturated heterocycles. The number of hydrogen-bond acceptors (Lipinski definition) is 6. The van der Waals surface area contributed by atoms with Crippen LogP contribution in [0.4, 0.5) is 5.69 Å². The first kappa shape index (κ1) is 16.8. The molecule has 1 N–H and O–H groups in total. The molecule has 0 amide bonds. The Bertz CT molecular complexity index is 1020. The minimum atomic E-state index is -3.73. The van der Waals surface area contributed by atoms with E-state index in [9.17, 15) is 8.42 Å². The van der Waals surface area contributed by atoms with Gasteiger partial charge in [-0.1, -0.05) is 17.3 Å². The molecule has 0 unspecified atom stereocenters. The average Bonchev–Trinajstić information content (AvgIpc) is 3.21. The van der Waals surface area contributed by atoms with Gasteiger partial charge in [0, 0.05) is 24.6 Å². The zero-order valence-electron chi connectivity index (χ0n) is 14.5. The van der Waals surface area contributed by atoms with Crippen molar-refractivity contribution in [2.75, 3.05) is 4.72 Å². The van der Waals surface area contributed by atoms with Crippen LogP contribution in [0.2, 0.25) is 0 Å². The molecule has 3 heterocycles. The van der Waals surface area contributed by atoms with E-state index in [4.69, 9.17) is 4.52 Å². The molecular formula is C17H19N5O3S. The van der Waals surface area contributed by atoms with E-state index in [1.165, 1.54) is 5.56 Å². The highest BCUT2D eigenvalue weighted by atomic mass is 32.2. The van der Waals surface area contributed by atoms with E-state index in [1.807, 2.05) is 12.1 Å². The number of nitrogens with zero attached hydrogens (tertiary/aromatic N) is 4. The van der Waals surface area contributed by atoms with Crippen molar-refractivity contribution in [1.29, 1.82) is 0 Å². The fourth-order valence-corrected chi connectivity index (χ4v) is 4.81. The van der Waals surface area contributed by atoms with Crippen LogP contribution in [0.25, 0.3) is 0 Å². The zero-order chi connectivity index (χ0) is 18.3. The normalized spacial score (nSPS) is 17.1. The highest BCUT2D eigenvalue weighted by Gasteiger charge is 2.25. The summed E-state index contributed by atoms with van der Waals surface area (Å²) in [6.45, 7) is 4.03. The number of aromatic nitrogens is 4. The molecule has 1 atom stereocenters. The standard InChI is InChI=1S/C17H19N5O3S/c1-11-17(12(2)25-20-11)26(23,24)21-15-6-3-13(4-7-15)14-5-8-16-19-18-10-22(16)9-14/h3-4,6-7,10,14,21H,5,8-9H2,1-2H3/t14-/m0/s1. The minimum absolute atomic E-state index is 0.0917. The molecule has 26 heavy (non-hydrogen) atoms. The first-order chi connectivity index (χ1) is 12.4. The van der Waals surface area contributed by atoms with Gasteiger partial charge in [0.1, 0.15) is 17.8 Å². The fourth-order valence-electron chi connectivity index (χ4n) is 3.42. The van der Waals surface area contributed by atoms with Gasteiger partial charge in [-0.15, -0.1) is 10.2 Å². The van der Waals surface area contributed by atoms with Crippen molar-refractivity contribution in [3.63, 3.8) is 0 Å². The van der Waals surface area contributed by atoms with Crippen molar-refractivity contribution in [2.45, 2.75) is 44.0 Å². The van der Waals surface area contributed by atoms with Crippen molar-refractivity contribution in [2.24, 2.45) is 0 Å². The lowest BCUT2D eigenvalue weighted by molar-refractivity contribution is 0.390. The SMILES string of the molecule is Cc1noc(C)c1S(=O)(=O)Nc1ccc([C@H]2CCc3nncn3C2)cc1. The molecule has 3 aromatic rings. The summed E-state index contributed by atoms with van der Waals surface area (Å²) in [5, 5.41) is 11.8. The van der Waals surface area contributed by atoms with Gasteiger partial charge in [-0.25, -0.2) is 8.42 Å². The van der Waals surface area contributed by atoms with E-state index in [0.29, 0.717) is 17.3 Å². The average molecular weight is 373 g/mol. The van der Waals surface area contributed by atoms with Crippen molar-refractivity contribution in [3.8, 4) is 0 Å². The van der Waals surface area contributed by atoms with Crippen LogP contribution in [0.15, 0.2) is 40.0 Å². The maximum absolute atomic E-state index is 12.6. The Hall–Kier alpha value is -2.68. The molecule has 4 rings (SSSR count). The molecule has 0 saturated carbocycles. The molecule has 0 aliphatic carbocycles. The molecule has 0 fully saturated rings. The third kappa shape index (κ3) is 2.98. The number of sulfonamides is 1. The topological polar surface area (TPSA) is 103 Å². The van der Waals surface area contributed by atoms with Gasteiger partial charge >= 0.3 is 0 Å². The predicted octanol–water partition coefficient (Wildman–Crippen LogP) is 2.41. The molecule has 0 bridgehead atoms. The number of aryl methyl sites for hydroxylation is 3. The van der Waals surface area contributed by atoms with E-state index < -0.39 is 10.0 Å². The molecule has 1 aliphatic heterocycles. The molecule has 8 nitrogen and oxygen atoms in total. The summed E-state index contributed by atoms with van der Waals surface area (Å²) in [5.74, 6) is 1.66. The Kier molecular flexibility index (Phi) is 4.03. The molecular weight excluding hydrogens is 354 g/mol.